The van der Waals surface area contributed by atoms with Crippen molar-refractivity contribution in [3.05, 3.63) is 29.3 Å². The fourth-order valence-corrected chi connectivity index (χ4v) is 3.83. The zero-order valence-electron chi connectivity index (χ0n) is 15.2. The van der Waals surface area contributed by atoms with E-state index in [1.165, 1.54) is 4.90 Å². The fraction of sp³-hybridized carbons (Fsp3) is 0.556. The van der Waals surface area contributed by atoms with Crippen molar-refractivity contribution in [3.8, 4) is 0 Å². The zero-order valence-corrected chi connectivity index (χ0v) is 18.9. The molecule has 0 aliphatic heterocycles. The van der Waals surface area contributed by atoms with E-state index in [9.17, 15) is 9.59 Å². The van der Waals surface area contributed by atoms with Crippen LogP contribution in [0.4, 0.5) is 10.5 Å². The molecule has 0 N–H and O–H groups in total. The summed E-state index contributed by atoms with van der Waals surface area (Å²) in [5, 5.41) is 0.571. The highest BCUT2D eigenvalue weighted by molar-refractivity contribution is 6.48. The molecule has 0 spiro atoms. The van der Waals surface area contributed by atoms with E-state index in [1.807, 2.05) is 0 Å². The van der Waals surface area contributed by atoms with Crippen molar-refractivity contribution in [2.45, 2.75) is 48.2 Å². The minimum Gasteiger partial charge on any atom is -0.427 e. The molecule has 0 bridgehead atoms. The highest BCUT2D eigenvalue weighted by Gasteiger charge is 2.40. The highest BCUT2D eigenvalue weighted by Crippen LogP contribution is 2.33. The van der Waals surface area contributed by atoms with Crippen molar-refractivity contribution in [1.29, 1.82) is 0 Å². The topological polar surface area (TPSA) is 49.9 Å². The van der Waals surface area contributed by atoms with Crippen molar-refractivity contribution < 1.29 is 14.3 Å². The summed E-state index contributed by atoms with van der Waals surface area (Å²) in [5.74, 6) is 0.0895. The Morgan fingerprint density at radius 2 is 1.75 bits per heavy atom. The molecule has 1 saturated carbocycles. The van der Waals surface area contributed by atoms with Crippen LogP contribution in [-0.4, -0.2) is 52.3 Å². The molecule has 1 aromatic carbocycles. The Bertz CT molecular complexity index is 674. The van der Waals surface area contributed by atoms with Gasteiger partial charge in [-0.05, 0) is 43.5 Å². The lowest BCUT2D eigenvalue weighted by Gasteiger charge is -2.37. The van der Waals surface area contributed by atoms with E-state index in [1.54, 1.807) is 36.2 Å². The number of amides is 2. The Labute approximate surface area is 189 Å². The number of carbonyl (C=O) groups excluding carboxylic acids is 2. The maximum atomic E-state index is 12.8. The van der Waals surface area contributed by atoms with Gasteiger partial charge in [-0.1, -0.05) is 46.4 Å². The van der Waals surface area contributed by atoms with Gasteiger partial charge in [-0.3, -0.25) is 4.79 Å². The molecule has 1 fully saturated rings. The van der Waals surface area contributed by atoms with Gasteiger partial charge in [0.2, 0.25) is 11.5 Å². The summed E-state index contributed by atoms with van der Waals surface area (Å²) in [6.07, 6.45) is 1.84. The third-order valence-corrected chi connectivity index (χ3v) is 6.15. The van der Waals surface area contributed by atoms with Crippen LogP contribution in [-0.2, 0) is 9.53 Å². The molecule has 3 unspecified atom stereocenters. The van der Waals surface area contributed by atoms with Crippen LogP contribution >= 0.6 is 58.0 Å². The van der Waals surface area contributed by atoms with Crippen molar-refractivity contribution in [3.63, 3.8) is 0 Å². The van der Waals surface area contributed by atoms with Crippen LogP contribution in [0.15, 0.2) is 24.3 Å². The number of benzene rings is 1. The maximum absolute atomic E-state index is 12.8. The number of ether oxygens (including phenoxy) is 1. The molecule has 1 aliphatic carbocycles. The molecule has 2 amide bonds. The summed E-state index contributed by atoms with van der Waals surface area (Å²) in [6, 6.07) is 6.52. The zero-order chi connectivity index (χ0) is 20.8. The molecule has 2 rings (SSSR count). The van der Waals surface area contributed by atoms with Gasteiger partial charge in [-0.15, -0.1) is 11.6 Å². The van der Waals surface area contributed by atoms with Gasteiger partial charge in [0.15, 0.2) is 4.84 Å². The van der Waals surface area contributed by atoms with E-state index in [4.69, 9.17) is 62.7 Å². The van der Waals surface area contributed by atoms with E-state index >= 15 is 0 Å². The number of likely N-dealkylation sites (N-methyl/N-ethyl adjacent to an activating group) is 1. The van der Waals surface area contributed by atoms with Crippen molar-refractivity contribution in [2.75, 3.05) is 17.8 Å². The normalized spacial score (nSPS) is 20.1. The quantitative estimate of drug-likeness (QED) is 0.464. The number of rotatable bonds is 7. The molecular weight excluding hydrogens is 469 g/mol. The molecule has 0 heterocycles. The SMILES string of the molecule is CN(C(=O)OC(Cl)C(Cl)Cl)C1CCCC1N(C(=O)CCCl)c1ccc(Cl)cc1. The van der Waals surface area contributed by atoms with Crippen molar-refractivity contribution in [2.24, 2.45) is 0 Å². The molecule has 1 aliphatic rings. The summed E-state index contributed by atoms with van der Waals surface area (Å²) in [7, 11) is 1.61. The summed E-state index contributed by atoms with van der Waals surface area (Å²) in [4.78, 5) is 27.4. The van der Waals surface area contributed by atoms with Gasteiger partial charge in [0.1, 0.15) is 0 Å². The number of alkyl halides is 4. The molecule has 5 nitrogen and oxygen atoms in total. The van der Waals surface area contributed by atoms with Crippen LogP contribution < -0.4 is 4.90 Å². The summed E-state index contributed by atoms with van der Waals surface area (Å²) in [6.45, 7) is 0. The Balaban J connectivity index is 2.25. The Morgan fingerprint density at radius 3 is 2.32 bits per heavy atom. The second kappa shape index (κ2) is 11.0. The minimum absolute atomic E-state index is 0.118. The van der Waals surface area contributed by atoms with E-state index in [0.717, 1.165) is 12.8 Å². The average Bonchev–Trinajstić information content (AvgIpc) is 3.12. The lowest BCUT2D eigenvalue weighted by Crippen LogP contribution is -2.52. The monoisotopic (exact) mass is 488 g/mol. The first-order valence-corrected chi connectivity index (χ1v) is 11.0. The smallest absolute Gasteiger partial charge is 0.411 e. The number of nitrogens with zero attached hydrogens (tertiary/aromatic N) is 2. The van der Waals surface area contributed by atoms with Crippen molar-refractivity contribution >= 4 is 75.7 Å². The van der Waals surface area contributed by atoms with Crippen molar-refractivity contribution in [1.82, 2.24) is 4.90 Å². The summed E-state index contributed by atoms with van der Waals surface area (Å²) < 4.78 is 5.09. The molecule has 0 aromatic heterocycles. The minimum atomic E-state index is -1.16. The Kier molecular flexibility index (Phi) is 9.29. The summed E-state index contributed by atoms with van der Waals surface area (Å²) >= 11 is 28.9. The molecule has 0 saturated heterocycles. The predicted molar refractivity (Wildman–Crippen MR) is 115 cm³/mol. The van der Waals surface area contributed by atoms with Crippen LogP contribution in [0.3, 0.4) is 0 Å². The largest absolute Gasteiger partial charge is 0.427 e. The van der Waals surface area contributed by atoms with E-state index in [-0.39, 0.29) is 30.3 Å². The van der Waals surface area contributed by atoms with Gasteiger partial charge >= 0.3 is 6.09 Å². The summed E-state index contributed by atoms with van der Waals surface area (Å²) in [5.41, 5.74) is -0.460. The lowest BCUT2D eigenvalue weighted by molar-refractivity contribution is -0.118. The van der Waals surface area contributed by atoms with E-state index < -0.39 is 16.5 Å². The molecular formula is C18H21Cl5N2O3. The first kappa shape index (κ1) is 23.7. The van der Waals surface area contributed by atoms with Crippen LogP contribution in [0.1, 0.15) is 25.7 Å². The van der Waals surface area contributed by atoms with Crippen LogP contribution in [0.25, 0.3) is 0 Å². The average molecular weight is 491 g/mol. The van der Waals surface area contributed by atoms with Gasteiger partial charge in [-0.25, -0.2) is 4.79 Å². The van der Waals surface area contributed by atoms with Crippen LogP contribution in [0.2, 0.25) is 5.02 Å². The predicted octanol–water partition coefficient (Wildman–Crippen LogP) is 5.66. The lowest BCUT2D eigenvalue weighted by atomic mass is 10.1. The van der Waals surface area contributed by atoms with E-state index in [2.05, 4.69) is 0 Å². The van der Waals surface area contributed by atoms with Crippen LogP contribution in [0, 0.1) is 0 Å². The first-order valence-electron chi connectivity index (χ1n) is 8.75. The number of hydrogen-bond donors (Lipinski definition) is 0. The first-order chi connectivity index (χ1) is 13.3. The second-order valence-electron chi connectivity index (χ2n) is 6.43. The number of halogens is 5. The molecule has 28 heavy (non-hydrogen) atoms. The molecule has 3 atom stereocenters. The standard InChI is InChI=1S/C18H21Cl5N2O3/c1-24(18(27)28-17(23)16(21)22)13-3-2-4-14(13)25(15(26)9-10-19)12-7-5-11(20)6-8-12/h5-8,13-14,16-17H,2-4,9-10H2,1H3. The molecule has 10 heteroatoms. The fourth-order valence-electron chi connectivity index (χ4n) is 3.36. The third kappa shape index (κ3) is 5.96. The third-order valence-electron chi connectivity index (χ3n) is 4.65. The van der Waals surface area contributed by atoms with Gasteiger partial charge < -0.3 is 14.5 Å². The van der Waals surface area contributed by atoms with Gasteiger partial charge in [-0.2, -0.15) is 0 Å². The Hall–Kier alpha value is -0.590. The van der Waals surface area contributed by atoms with Crippen LogP contribution in [0.5, 0.6) is 0 Å². The highest BCUT2D eigenvalue weighted by atomic mass is 35.5. The number of anilines is 1. The molecule has 156 valence electrons. The maximum Gasteiger partial charge on any atom is 0.411 e. The second-order valence-corrected chi connectivity index (χ2v) is 8.83. The van der Waals surface area contributed by atoms with Gasteiger partial charge in [0, 0.05) is 30.1 Å². The van der Waals surface area contributed by atoms with Gasteiger partial charge in [0.05, 0.1) is 12.1 Å². The number of carbonyl (C=O) groups is 2. The van der Waals surface area contributed by atoms with E-state index in [0.29, 0.717) is 17.1 Å². The molecule has 1 aromatic rings. The molecule has 0 radical (unpaired) electrons. The number of hydrogen-bond acceptors (Lipinski definition) is 3. The van der Waals surface area contributed by atoms with Gasteiger partial charge in [0.25, 0.3) is 0 Å². The Morgan fingerprint density at radius 1 is 1.14 bits per heavy atom.